The monoisotopic (exact) mass is 180 g/mol. The molecular weight excluding hydrogens is 156 g/mol. The molecule has 0 aliphatic heterocycles. The SMILES string of the molecule is CCCCC(C)C1CCC(C)=C1C. The van der Waals surface area contributed by atoms with E-state index < -0.39 is 0 Å². The molecule has 0 aromatic carbocycles. The van der Waals surface area contributed by atoms with Crippen molar-refractivity contribution in [3.8, 4) is 0 Å². The summed E-state index contributed by atoms with van der Waals surface area (Å²) in [5.74, 6) is 1.82. The average Bonchev–Trinajstić information content (AvgIpc) is 2.44. The lowest BCUT2D eigenvalue weighted by Gasteiger charge is -2.20. The number of hydrogen-bond acceptors (Lipinski definition) is 0. The van der Waals surface area contributed by atoms with Gasteiger partial charge >= 0.3 is 0 Å². The van der Waals surface area contributed by atoms with Crippen LogP contribution in [0.3, 0.4) is 0 Å². The van der Waals surface area contributed by atoms with E-state index >= 15 is 0 Å². The maximum Gasteiger partial charge on any atom is -0.0175 e. The van der Waals surface area contributed by atoms with Crippen LogP contribution in [0.5, 0.6) is 0 Å². The van der Waals surface area contributed by atoms with Crippen molar-refractivity contribution in [3.63, 3.8) is 0 Å². The van der Waals surface area contributed by atoms with Crippen LogP contribution >= 0.6 is 0 Å². The van der Waals surface area contributed by atoms with Crippen molar-refractivity contribution >= 4 is 0 Å². The zero-order valence-electron chi connectivity index (χ0n) is 9.69. The fourth-order valence-corrected chi connectivity index (χ4v) is 2.54. The van der Waals surface area contributed by atoms with Gasteiger partial charge in [-0.15, -0.1) is 0 Å². The van der Waals surface area contributed by atoms with Crippen molar-refractivity contribution in [2.45, 2.75) is 59.8 Å². The molecule has 0 radical (unpaired) electrons. The molecule has 0 N–H and O–H groups in total. The van der Waals surface area contributed by atoms with E-state index in [4.69, 9.17) is 0 Å². The molecule has 0 saturated heterocycles. The third kappa shape index (κ3) is 2.59. The van der Waals surface area contributed by atoms with Crippen LogP contribution in [0.4, 0.5) is 0 Å². The van der Waals surface area contributed by atoms with Gasteiger partial charge in [-0.05, 0) is 38.5 Å². The summed E-state index contributed by atoms with van der Waals surface area (Å²) >= 11 is 0. The largest absolute Gasteiger partial charge is 0.0741 e. The Balaban J connectivity index is 2.44. The minimum absolute atomic E-state index is 0.909. The Hall–Kier alpha value is -0.260. The molecule has 0 heterocycles. The first-order valence-electron chi connectivity index (χ1n) is 5.83. The van der Waals surface area contributed by atoms with Crippen molar-refractivity contribution in [1.29, 1.82) is 0 Å². The molecule has 2 unspecified atom stereocenters. The van der Waals surface area contributed by atoms with E-state index in [1.165, 1.54) is 32.1 Å². The molecule has 76 valence electrons. The lowest BCUT2D eigenvalue weighted by Crippen LogP contribution is -2.09. The molecule has 0 saturated carbocycles. The predicted molar refractivity (Wildman–Crippen MR) is 59.8 cm³/mol. The molecule has 0 aromatic heterocycles. The first-order chi connectivity index (χ1) is 6.16. The standard InChI is InChI=1S/C13H24/c1-5-6-7-11(3)13-9-8-10(2)12(13)4/h11,13H,5-9H2,1-4H3. The van der Waals surface area contributed by atoms with Crippen LogP contribution < -0.4 is 0 Å². The third-order valence-corrected chi connectivity index (χ3v) is 3.76. The normalized spacial score (nSPS) is 25.4. The molecule has 0 fully saturated rings. The van der Waals surface area contributed by atoms with Gasteiger partial charge in [0, 0.05) is 0 Å². The number of hydrogen-bond donors (Lipinski definition) is 0. The van der Waals surface area contributed by atoms with E-state index in [-0.39, 0.29) is 0 Å². The van der Waals surface area contributed by atoms with E-state index in [9.17, 15) is 0 Å². The number of rotatable bonds is 4. The molecule has 1 rings (SSSR count). The van der Waals surface area contributed by atoms with E-state index in [1.807, 2.05) is 0 Å². The van der Waals surface area contributed by atoms with Gasteiger partial charge in [-0.3, -0.25) is 0 Å². The maximum atomic E-state index is 2.43. The van der Waals surface area contributed by atoms with Crippen molar-refractivity contribution in [3.05, 3.63) is 11.1 Å². The van der Waals surface area contributed by atoms with Crippen LogP contribution in [0.2, 0.25) is 0 Å². The summed E-state index contributed by atoms with van der Waals surface area (Å²) in [6.07, 6.45) is 6.95. The van der Waals surface area contributed by atoms with E-state index in [0.717, 1.165) is 11.8 Å². The fourth-order valence-electron chi connectivity index (χ4n) is 2.54. The molecule has 0 heteroatoms. The Labute approximate surface area is 83.4 Å². The van der Waals surface area contributed by atoms with Crippen LogP contribution in [0.25, 0.3) is 0 Å². The topological polar surface area (TPSA) is 0 Å². The Morgan fingerprint density at radius 1 is 1.38 bits per heavy atom. The number of unbranched alkanes of at least 4 members (excludes halogenated alkanes) is 1. The molecule has 0 nitrogen and oxygen atoms in total. The number of allylic oxidation sites excluding steroid dienone is 2. The minimum atomic E-state index is 0.909. The van der Waals surface area contributed by atoms with Gasteiger partial charge in [0.05, 0.1) is 0 Å². The highest BCUT2D eigenvalue weighted by Crippen LogP contribution is 2.37. The first-order valence-corrected chi connectivity index (χ1v) is 5.83. The molecule has 0 aromatic rings. The lowest BCUT2D eigenvalue weighted by atomic mass is 9.85. The summed E-state index contributed by atoms with van der Waals surface area (Å²) in [6.45, 7) is 9.37. The van der Waals surface area contributed by atoms with Gasteiger partial charge in [0.15, 0.2) is 0 Å². The van der Waals surface area contributed by atoms with Gasteiger partial charge in [0.2, 0.25) is 0 Å². The molecule has 2 atom stereocenters. The van der Waals surface area contributed by atoms with Gasteiger partial charge in [0.1, 0.15) is 0 Å². The quantitative estimate of drug-likeness (QED) is 0.556. The van der Waals surface area contributed by atoms with Crippen molar-refractivity contribution in [2.75, 3.05) is 0 Å². The van der Waals surface area contributed by atoms with Crippen LogP contribution in [0.15, 0.2) is 11.1 Å². The zero-order chi connectivity index (χ0) is 9.84. The Morgan fingerprint density at radius 3 is 2.54 bits per heavy atom. The van der Waals surface area contributed by atoms with E-state index in [1.54, 1.807) is 11.1 Å². The Kier molecular flexibility index (Phi) is 4.02. The molecule has 0 spiro atoms. The Morgan fingerprint density at radius 2 is 2.08 bits per heavy atom. The van der Waals surface area contributed by atoms with Gasteiger partial charge in [0.25, 0.3) is 0 Å². The molecule has 1 aliphatic carbocycles. The van der Waals surface area contributed by atoms with Crippen LogP contribution in [0, 0.1) is 11.8 Å². The maximum absolute atomic E-state index is 2.43. The molecule has 1 aliphatic rings. The highest BCUT2D eigenvalue weighted by molar-refractivity contribution is 5.19. The molecular formula is C13H24. The summed E-state index contributed by atoms with van der Waals surface area (Å²) in [5.41, 5.74) is 3.36. The average molecular weight is 180 g/mol. The highest BCUT2D eigenvalue weighted by Gasteiger charge is 2.24. The first kappa shape index (κ1) is 10.8. The van der Waals surface area contributed by atoms with Crippen LogP contribution in [-0.2, 0) is 0 Å². The molecule has 13 heavy (non-hydrogen) atoms. The minimum Gasteiger partial charge on any atom is -0.0741 e. The Bertz CT molecular complexity index is 188. The summed E-state index contributed by atoms with van der Waals surface area (Å²) < 4.78 is 0. The van der Waals surface area contributed by atoms with Crippen LogP contribution in [-0.4, -0.2) is 0 Å². The summed E-state index contributed by atoms with van der Waals surface area (Å²) in [5, 5.41) is 0. The highest BCUT2D eigenvalue weighted by atomic mass is 14.3. The summed E-state index contributed by atoms with van der Waals surface area (Å²) in [7, 11) is 0. The smallest absolute Gasteiger partial charge is 0.0175 e. The van der Waals surface area contributed by atoms with E-state index in [2.05, 4.69) is 27.7 Å². The van der Waals surface area contributed by atoms with Crippen molar-refractivity contribution in [1.82, 2.24) is 0 Å². The summed E-state index contributed by atoms with van der Waals surface area (Å²) in [4.78, 5) is 0. The predicted octanol–water partition coefficient (Wildman–Crippen LogP) is 4.56. The van der Waals surface area contributed by atoms with Crippen molar-refractivity contribution < 1.29 is 0 Å². The molecule has 0 amide bonds. The van der Waals surface area contributed by atoms with Crippen molar-refractivity contribution in [2.24, 2.45) is 11.8 Å². The van der Waals surface area contributed by atoms with Gasteiger partial charge in [-0.1, -0.05) is 44.3 Å². The van der Waals surface area contributed by atoms with Gasteiger partial charge in [-0.25, -0.2) is 0 Å². The fraction of sp³-hybridized carbons (Fsp3) is 0.846. The second kappa shape index (κ2) is 4.83. The zero-order valence-corrected chi connectivity index (χ0v) is 9.69. The van der Waals surface area contributed by atoms with Crippen LogP contribution in [0.1, 0.15) is 59.8 Å². The second-order valence-corrected chi connectivity index (χ2v) is 4.73. The van der Waals surface area contributed by atoms with E-state index in [0.29, 0.717) is 0 Å². The summed E-state index contributed by atoms with van der Waals surface area (Å²) in [6, 6.07) is 0. The lowest BCUT2D eigenvalue weighted by molar-refractivity contribution is 0.371. The van der Waals surface area contributed by atoms with Gasteiger partial charge in [-0.2, -0.15) is 0 Å². The second-order valence-electron chi connectivity index (χ2n) is 4.73. The third-order valence-electron chi connectivity index (χ3n) is 3.76. The van der Waals surface area contributed by atoms with Gasteiger partial charge < -0.3 is 0 Å². The molecule has 0 bridgehead atoms.